The molecule has 1 N–H and O–H groups in total. The van der Waals surface area contributed by atoms with Crippen molar-refractivity contribution in [3.63, 3.8) is 0 Å². The minimum atomic E-state index is -0.105. The van der Waals surface area contributed by atoms with E-state index in [-0.39, 0.29) is 12.0 Å². The number of nitrogens with one attached hydrogen (secondary N) is 1. The van der Waals surface area contributed by atoms with Crippen molar-refractivity contribution >= 4 is 22.2 Å². The Morgan fingerprint density at radius 2 is 2.44 bits per heavy atom. The molecule has 1 aromatic carbocycles. The molecule has 0 spiro atoms. The van der Waals surface area contributed by atoms with Crippen LogP contribution in [0, 0.1) is 6.92 Å². The molecule has 1 fully saturated rings. The number of thiazole rings is 1. The number of benzene rings is 1. The zero-order valence-electron chi connectivity index (χ0n) is 13.9. The molecule has 1 unspecified atom stereocenters. The maximum absolute atomic E-state index is 12.4. The van der Waals surface area contributed by atoms with Gasteiger partial charge in [-0.15, -0.1) is 0 Å². The molecule has 1 atom stereocenters. The number of rotatable bonds is 5. The molecular weight excluding hydrogens is 338 g/mol. The second-order valence-corrected chi connectivity index (χ2v) is 7.12. The van der Waals surface area contributed by atoms with Gasteiger partial charge in [-0.25, -0.2) is 4.98 Å². The van der Waals surface area contributed by atoms with Crippen molar-refractivity contribution in [1.29, 1.82) is 0 Å². The molecule has 6 nitrogen and oxygen atoms in total. The molecule has 0 saturated carbocycles. The highest BCUT2D eigenvalue weighted by Gasteiger charge is 2.19. The van der Waals surface area contributed by atoms with Gasteiger partial charge in [0.1, 0.15) is 16.7 Å². The van der Waals surface area contributed by atoms with E-state index in [0.717, 1.165) is 34.9 Å². The summed E-state index contributed by atoms with van der Waals surface area (Å²) in [6.45, 7) is 3.81. The number of fused-ring (bicyclic) bond motifs is 1. The number of carbonyl (C=O) groups excluding carboxylic acids is 1. The van der Waals surface area contributed by atoms with Crippen molar-refractivity contribution in [2.75, 3.05) is 13.2 Å². The van der Waals surface area contributed by atoms with E-state index in [0.29, 0.717) is 18.0 Å². The fourth-order valence-corrected chi connectivity index (χ4v) is 3.66. The maximum Gasteiger partial charge on any atom is 0.263 e. The van der Waals surface area contributed by atoms with Gasteiger partial charge in [0.15, 0.2) is 4.96 Å². The summed E-state index contributed by atoms with van der Waals surface area (Å²) in [4.78, 5) is 18.0. The maximum atomic E-state index is 12.4. The molecule has 1 saturated heterocycles. The van der Waals surface area contributed by atoms with Crippen LogP contribution in [0.15, 0.2) is 36.8 Å². The van der Waals surface area contributed by atoms with Crippen LogP contribution in [-0.2, 0) is 11.3 Å². The van der Waals surface area contributed by atoms with E-state index in [2.05, 4.69) is 10.3 Å². The minimum absolute atomic E-state index is 0.0846. The first kappa shape index (κ1) is 16.1. The average Bonchev–Trinajstić information content (AvgIpc) is 3.30. The molecular formula is C18H19N3O3S. The van der Waals surface area contributed by atoms with Crippen LogP contribution in [0.2, 0.25) is 0 Å². The molecule has 130 valence electrons. The number of imidazole rings is 1. The Kier molecular flexibility index (Phi) is 4.42. The van der Waals surface area contributed by atoms with Gasteiger partial charge in [-0.3, -0.25) is 9.20 Å². The number of hydrogen-bond donors (Lipinski definition) is 1. The number of amides is 1. The molecule has 0 radical (unpaired) electrons. The van der Waals surface area contributed by atoms with Gasteiger partial charge in [0.25, 0.3) is 5.91 Å². The van der Waals surface area contributed by atoms with E-state index in [9.17, 15) is 4.79 Å². The molecule has 1 aliphatic heterocycles. The first-order valence-corrected chi connectivity index (χ1v) is 9.05. The Bertz CT molecular complexity index is 867. The lowest BCUT2D eigenvalue weighted by molar-refractivity contribution is 0.0953. The minimum Gasteiger partial charge on any atom is -0.488 e. The average molecular weight is 357 g/mol. The van der Waals surface area contributed by atoms with Crippen molar-refractivity contribution in [2.24, 2.45) is 0 Å². The van der Waals surface area contributed by atoms with Gasteiger partial charge in [-0.2, -0.15) is 0 Å². The molecule has 1 amide bonds. The summed E-state index contributed by atoms with van der Waals surface area (Å²) < 4.78 is 13.3. The largest absolute Gasteiger partial charge is 0.488 e. The first-order chi connectivity index (χ1) is 12.2. The zero-order valence-corrected chi connectivity index (χ0v) is 14.7. The summed E-state index contributed by atoms with van der Waals surface area (Å²) in [5.41, 5.74) is 2.09. The Morgan fingerprint density at radius 3 is 3.24 bits per heavy atom. The van der Waals surface area contributed by atoms with Crippen LogP contribution in [0.4, 0.5) is 0 Å². The van der Waals surface area contributed by atoms with Crippen molar-refractivity contribution in [1.82, 2.24) is 14.7 Å². The number of hydrogen-bond acceptors (Lipinski definition) is 5. The Balaban J connectivity index is 1.46. The fourth-order valence-electron chi connectivity index (χ4n) is 2.80. The third-order valence-electron chi connectivity index (χ3n) is 4.16. The van der Waals surface area contributed by atoms with Gasteiger partial charge in [0.2, 0.25) is 0 Å². The van der Waals surface area contributed by atoms with Gasteiger partial charge >= 0.3 is 0 Å². The van der Waals surface area contributed by atoms with Gasteiger partial charge in [0.05, 0.1) is 13.2 Å². The van der Waals surface area contributed by atoms with Crippen molar-refractivity contribution in [2.45, 2.75) is 26.0 Å². The van der Waals surface area contributed by atoms with E-state index in [1.54, 1.807) is 12.4 Å². The van der Waals surface area contributed by atoms with Crippen LogP contribution >= 0.6 is 11.3 Å². The fraction of sp³-hybridized carbons (Fsp3) is 0.333. The lowest BCUT2D eigenvalue weighted by Gasteiger charge is -2.16. The summed E-state index contributed by atoms with van der Waals surface area (Å²) in [5.74, 6) is 0.711. The topological polar surface area (TPSA) is 64.9 Å². The van der Waals surface area contributed by atoms with E-state index < -0.39 is 0 Å². The highest BCUT2D eigenvalue weighted by Crippen LogP contribution is 2.24. The molecule has 0 aliphatic carbocycles. The van der Waals surface area contributed by atoms with Gasteiger partial charge in [0, 0.05) is 37.1 Å². The predicted molar refractivity (Wildman–Crippen MR) is 95.3 cm³/mol. The Labute approximate surface area is 149 Å². The van der Waals surface area contributed by atoms with Gasteiger partial charge in [-0.1, -0.05) is 23.5 Å². The molecule has 4 rings (SSSR count). The first-order valence-electron chi connectivity index (χ1n) is 8.24. The highest BCUT2D eigenvalue weighted by molar-refractivity contribution is 7.18. The molecule has 1 aliphatic rings. The lowest BCUT2D eigenvalue weighted by atomic mass is 10.1. The third kappa shape index (κ3) is 3.52. The molecule has 7 heteroatoms. The van der Waals surface area contributed by atoms with Crippen LogP contribution in [0.1, 0.15) is 27.2 Å². The number of ether oxygens (including phenoxy) is 2. The standard InChI is InChI=1S/C18H19N3O3S/c1-12-2-3-13(15(8-12)24-14-4-7-23-11-14)9-20-17(22)16-10-21-6-5-19-18(21)25-16/h2-3,5-6,8,10,14H,4,7,9,11H2,1H3,(H,20,22). The quantitative estimate of drug-likeness (QED) is 0.763. The smallest absolute Gasteiger partial charge is 0.263 e. The number of nitrogens with zero attached hydrogens (tertiary/aromatic N) is 2. The molecule has 2 aromatic heterocycles. The summed E-state index contributed by atoms with van der Waals surface area (Å²) in [5, 5.41) is 2.97. The number of aryl methyl sites for hydroxylation is 1. The molecule has 0 bridgehead atoms. The normalized spacial score (nSPS) is 17.1. The summed E-state index contributed by atoms with van der Waals surface area (Å²) in [6.07, 6.45) is 6.33. The Hall–Kier alpha value is -2.38. The summed E-state index contributed by atoms with van der Waals surface area (Å²) >= 11 is 1.37. The van der Waals surface area contributed by atoms with Crippen LogP contribution < -0.4 is 10.1 Å². The molecule has 3 heterocycles. The van der Waals surface area contributed by atoms with Crippen LogP contribution in [-0.4, -0.2) is 34.6 Å². The van der Waals surface area contributed by atoms with Gasteiger partial charge < -0.3 is 14.8 Å². The zero-order chi connectivity index (χ0) is 17.2. The van der Waals surface area contributed by atoms with Crippen LogP contribution in [0.5, 0.6) is 5.75 Å². The van der Waals surface area contributed by atoms with E-state index in [1.807, 2.05) is 35.7 Å². The van der Waals surface area contributed by atoms with Crippen molar-refractivity contribution < 1.29 is 14.3 Å². The van der Waals surface area contributed by atoms with Crippen LogP contribution in [0.25, 0.3) is 4.96 Å². The molecule has 3 aromatic rings. The predicted octanol–water partition coefficient (Wildman–Crippen LogP) is 2.80. The second kappa shape index (κ2) is 6.85. The van der Waals surface area contributed by atoms with E-state index in [4.69, 9.17) is 9.47 Å². The van der Waals surface area contributed by atoms with Crippen molar-refractivity contribution in [3.05, 3.63) is 52.8 Å². The van der Waals surface area contributed by atoms with E-state index >= 15 is 0 Å². The SMILES string of the molecule is Cc1ccc(CNC(=O)c2cn3ccnc3s2)c(OC2CCOC2)c1. The summed E-state index contributed by atoms with van der Waals surface area (Å²) in [7, 11) is 0. The van der Waals surface area contributed by atoms with Gasteiger partial charge in [-0.05, 0) is 18.6 Å². The second-order valence-electron chi connectivity index (χ2n) is 6.11. The van der Waals surface area contributed by atoms with Crippen LogP contribution in [0.3, 0.4) is 0 Å². The Morgan fingerprint density at radius 1 is 1.52 bits per heavy atom. The monoisotopic (exact) mass is 357 g/mol. The number of carbonyl (C=O) groups is 1. The lowest BCUT2D eigenvalue weighted by Crippen LogP contribution is -2.23. The third-order valence-corrected chi connectivity index (χ3v) is 5.17. The highest BCUT2D eigenvalue weighted by atomic mass is 32.1. The van der Waals surface area contributed by atoms with E-state index in [1.165, 1.54) is 11.3 Å². The van der Waals surface area contributed by atoms with Crippen molar-refractivity contribution in [3.8, 4) is 5.75 Å². The summed E-state index contributed by atoms with van der Waals surface area (Å²) in [6, 6.07) is 6.04. The molecule has 25 heavy (non-hydrogen) atoms. The number of aromatic nitrogens is 2.